The molecule has 2 atom stereocenters. The number of thioether (sulfide) groups is 1. The number of morpholine rings is 1. The molecular weight excluding hydrogens is 550 g/mol. The van der Waals surface area contributed by atoms with Crippen LogP contribution in [-0.2, 0) is 30.3 Å². The largest absolute Gasteiger partial charge is 0.448 e. The first-order valence-electron chi connectivity index (χ1n) is 14.2. The Hall–Kier alpha value is -4.08. The van der Waals surface area contributed by atoms with Crippen molar-refractivity contribution in [3.63, 3.8) is 0 Å². The van der Waals surface area contributed by atoms with Crippen LogP contribution in [0, 0.1) is 0 Å². The highest BCUT2D eigenvalue weighted by molar-refractivity contribution is 8.00. The molecule has 42 heavy (non-hydrogen) atoms. The summed E-state index contributed by atoms with van der Waals surface area (Å²) in [7, 11) is 0. The third kappa shape index (κ3) is 5.93. The van der Waals surface area contributed by atoms with Gasteiger partial charge in [-0.2, -0.15) is 0 Å². The van der Waals surface area contributed by atoms with E-state index >= 15 is 0 Å². The van der Waals surface area contributed by atoms with Gasteiger partial charge in [0, 0.05) is 25.3 Å². The molecule has 0 radical (unpaired) electrons. The van der Waals surface area contributed by atoms with Crippen molar-refractivity contribution in [1.29, 1.82) is 0 Å². The summed E-state index contributed by atoms with van der Waals surface area (Å²) in [4.78, 5) is 44.1. The van der Waals surface area contributed by atoms with Crippen LogP contribution in [0.5, 0.6) is 0 Å². The number of nitrogens with one attached hydrogen (secondary N) is 1. The molecule has 3 heterocycles. The number of fused-ring (bicyclic) bond motifs is 1. The van der Waals surface area contributed by atoms with Gasteiger partial charge in [0.25, 0.3) is 5.91 Å². The van der Waals surface area contributed by atoms with Gasteiger partial charge in [-0.1, -0.05) is 91.0 Å². The number of rotatable bonds is 9. The zero-order valence-electron chi connectivity index (χ0n) is 23.2. The highest BCUT2D eigenvalue weighted by atomic mass is 32.2. The Morgan fingerprint density at radius 2 is 1.50 bits per heavy atom. The van der Waals surface area contributed by atoms with Gasteiger partial charge in [0.05, 0.1) is 18.9 Å². The highest BCUT2D eigenvalue weighted by Gasteiger charge is 2.55. The van der Waals surface area contributed by atoms with E-state index in [1.54, 1.807) is 11.8 Å². The van der Waals surface area contributed by atoms with E-state index in [0.29, 0.717) is 38.5 Å². The van der Waals surface area contributed by atoms with Crippen LogP contribution in [0.4, 0.5) is 0 Å². The number of nitrogens with zero attached hydrogens (tertiary/aromatic N) is 2. The van der Waals surface area contributed by atoms with Crippen LogP contribution < -0.4 is 5.32 Å². The molecule has 0 spiro atoms. The van der Waals surface area contributed by atoms with E-state index in [2.05, 4.69) is 10.2 Å². The first-order valence-corrected chi connectivity index (χ1v) is 15.3. The monoisotopic (exact) mass is 583 g/mol. The lowest BCUT2D eigenvalue weighted by Gasteiger charge is -2.51. The summed E-state index contributed by atoms with van der Waals surface area (Å²) in [5.74, 6) is -0.509. The number of carbonyl (C=O) groups excluding carboxylic acids is 3. The Morgan fingerprint density at radius 3 is 2.12 bits per heavy atom. The minimum absolute atomic E-state index is 0.183. The summed E-state index contributed by atoms with van der Waals surface area (Å²) in [5, 5.41) is 2.55. The first kappa shape index (κ1) is 28.1. The summed E-state index contributed by atoms with van der Waals surface area (Å²) in [6.07, 6.45) is 0.232. The lowest BCUT2D eigenvalue weighted by molar-refractivity contribution is -0.155. The van der Waals surface area contributed by atoms with E-state index in [9.17, 15) is 14.4 Å². The average molecular weight is 584 g/mol. The van der Waals surface area contributed by atoms with Crippen molar-refractivity contribution in [1.82, 2.24) is 15.1 Å². The maximum atomic E-state index is 14.1. The summed E-state index contributed by atoms with van der Waals surface area (Å²) in [6.45, 7) is 2.34. The quantitative estimate of drug-likeness (QED) is 0.302. The minimum Gasteiger partial charge on any atom is -0.448 e. The van der Waals surface area contributed by atoms with Gasteiger partial charge in [-0.05, 0) is 23.1 Å². The number of hydrogen-bond donors (Lipinski definition) is 1. The number of amides is 2. The highest BCUT2D eigenvalue weighted by Crippen LogP contribution is 2.42. The van der Waals surface area contributed by atoms with E-state index in [4.69, 9.17) is 9.47 Å². The molecule has 3 aliphatic heterocycles. The minimum atomic E-state index is -0.689. The Kier molecular flexibility index (Phi) is 8.58. The fourth-order valence-corrected chi connectivity index (χ4v) is 6.95. The molecule has 0 saturated carbocycles. The van der Waals surface area contributed by atoms with Gasteiger partial charge in [-0.3, -0.25) is 14.5 Å². The number of hydrogen-bond acceptors (Lipinski definition) is 7. The molecular formula is C33H33N3O5S. The van der Waals surface area contributed by atoms with Crippen LogP contribution in [-0.4, -0.2) is 71.1 Å². The Labute approximate surface area is 249 Å². The second-order valence-electron chi connectivity index (χ2n) is 10.4. The van der Waals surface area contributed by atoms with Gasteiger partial charge >= 0.3 is 5.97 Å². The molecule has 3 aliphatic rings. The standard InChI is InChI=1S/C33H33N3O5S/c37-27(17-16-23-10-4-1-5-11-23)34-28-31(38)36-29(26(22-42-32(28)36)35-18-20-40-21-19-35)33(39)41-30(24-12-6-2-7-13-24)25-14-8-3-9-15-25/h1-15,28,30,32H,16-22H2,(H,34,37)/t28-,32-/m1/s1. The maximum Gasteiger partial charge on any atom is 0.357 e. The number of carbonyl (C=O) groups is 3. The lowest BCUT2D eigenvalue weighted by Crippen LogP contribution is -2.71. The fraction of sp³-hybridized carbons (Fsp3) is 0.303. The second-order valence-corrected chi connectivity index (χ2v) is 11.5. The van der Waals surface area contributed by atoms with Gasteiger partial charge in [0.1, 0.15) is 11.4 Å². The van der Waals surface area contributed by atoms with Crippen LogP contribution in [0.2, 0.25) is 0 Å². The number of aryl methyl sites for hydroxylation is 1. The Morgan fingerprint density at radius 1 is 0.905 bits per heavy atom. The summed E-state index contributed by atoms with van der Waals surface area (Å²) >= 11 is 1.56. The SMILES string of the molecule is O=C(CCc1ccccc1)N[C@@H]1C(=O)N2C(C(=O)OC(c3ccccc3)c3ccccc3)=C(N3CCOCC3)CS[C@H]12. The molecule has 2 fully saturated rings. The van der Waals surface area contributed by atoms with Gasteiger partial charge in [0.15, 0.2) is 11.8 Å². The van der Waals surface area contributed by atoms with Gasteiger partial charge < -0.3 is 19.7 Å². The Balaban J connectivity index is 1.24. The molecule has 9 heteroatoms. The summed E-state index contributed by atoms with van der Waals surface area (Å²) in [6, 6.07) is 28.3. The molecule has 6 rings (SSSR count). The predicted octanol–water partition coefficient (Wildman–Crippen LogP) is 3.90. The van der Waals surface area contributed by atoms with E-state index in [-0.39, 0.29) is 29.3 Å². The van der Waals surface area contributed by atoms with Crippen LogP contribution in [0.15, 0.2) is 102 Å². The van der Waals surface area contributed by atoms with Gasteiger partial charge in [-0.15, -0.1) is 11.8 Å². The maximum absolute atomic E-state index is 14.1. The van der Waals surface area contributed by atoms with Crippen molar-refractivity contribution in [2.24, 2.45) is 0 Å². The fourth-order valence-electron chi connectivity index (χ4n) is 5.56. The molecule has 2 amide bonds. The number of esters is 1. The predicted molar refractivity (Wildman–Crippen MR) is 160 cm³/mol. The van der Waals surface area contributed by atoms with Crippen LogP contribution in [0.3, 0.4) is 0 Å². The molecule has 0 aliphatic carbocycles. The molecule has 3 aromatic carbocycles. The molecule has 3 aromatic rings. The van der Waals surface area contributed by atoms with Crippen molar-refractivity contribution in [2.75, 3.05) is 32.1 Å². The van der Waals surface area contributed by atoms with Crippen LogP contribution in [0.1, 0.15) is 29.2 Å². The third-order valence-corrected chi connectivity index (χ3v) is 9.03. The molecule has 0 bridgehead atoms. The second kappa shape index (κ2) is 12.8. The molecule has 0 aromatic heterocycles. The average Bonchev–Trinajstić information content (AvgIpc) is 3.06. The number of β-lactam (4-membered cyclic amide) rings is 1. The zero-order valence-corrected chi connectivity index (χ0v) is 24.0. The van der Waals surface area contributed by atoms with E-state index in [1.165, 1.54) is 4.90 Å². The van der Waals surface area contributed by atoms with Gasteiger partial charge in [-0.25, -0.2) is 4.79 Å². The van der Waals surface area contributed by atoms with E-state index in [1.807, 2.05) is 91.0 Å². The molecule has 216 valence electrons. The molecule has 2 saturated heterocycles. The van der Waals surface area contributed by atoms with Gasteiger partial charge in [0.2, 0.25) is 5.91 Å². The summed E-state index contributed by atoms with van der Waals surface area (Å²) < 4.78 is 11.8. The molecule has 1 N–H and O–H groups in total. The zero-order chi connectivity index (χ0) is 28.9. The van der Waals surface area contributed by atoms with Crippen molar-refractivity contribution < 1.29 is 23.9 Å². The molecule has 8 nitrogen and oxygen atoms in total. The first-order chi connectivity index (χ1) is 20.6. The topological polar surface area (TPSA) is 88.2 Å². The normalized spacial score (nSPS) is 20.2. The van der Waals surface area contributed by atoms with Crippen molar-refractivity contribution in [2.45, 2.75) is 30.4 Å². The van der Waals surface area contributed by atoms with Crippen LogP contribution >= 0.6 is 11.8 Å². The Bertz CT molecular complexity index is 1400. The number of benzene rings is 3. The van der Waals surface area contributed by atoms with Crippen molar-refractivity contribution in [3.8, 4) is 0 Å². The number of ether oxygens (including phenoxy) is 2. The molecule has 0 unspecified atom stereocenters. The smallest absolute Gasteiger partial charge is 0.357 e. The van der Waals surface area contributed by atoms with E-state index < -0.39 is 18.1 Å². The third-order valence-electron chi connectivity index (χ3n) is 7.76. The lowest BCUT2D eigenvalue weighted by atomic mass is 10.0. The van der Waals surface area contributed by atoms with E-state index in [0.717, 1.165) is 22.4 Å². The van der Waals surface area contributed by atoms with Crippen molar-refractivity contribution in [3.05, 3.63) is 119 Å². The van der Waals surface area contributed by atoms with Crippen molar-refractivity contribution >= 4 is 29.5 Å². The van der Waals surface area contributed by atoms with Crippen LogP contribution in [0.25, 0.3) is 0 Å². The summed E-state index contributed by atoms with van der Waals surface area (Å²) in [5.41, 5.74) is 3.77.